The maximum Gasteiger partial charge on any atom is 0.343 e. The number of halogens is 1. The van der Waals surface area contributed by atoms with Crippen LogP contribution in [0.5, 0.6) is 5.75 Å². The fourth-order valence-corrected chi connectivity index (χ4v) is 4.47. The van der Waals surface area contributed by atoms with Crippen molar-refractivity contribution in [3.63, 3.8) is 0 Å². The summed E-state index contributed by atoms with van der Waals surface area (Å²) in [7, 11) is 0. The topological polar surface area (TPSA) is 52.1 Å². The third-order valence-electron chi connectivity index (χ3n) is 6.44. The highest BCUT2D eigenvalue weighted by Crippen LogP contribution is 2.23. The Hall–Kier alpha value is -2.72. The zero-order chi connectivity index (χ0) is 25.6. The van der Waals surface area contributed by atoms with Crippen LogP contribution < -0.4 is 4.74 Å². The Morgan fingerprint density at radius 1 is 0.778 bits per heavy atom. The minimum Gasteiger partial charge on any atom is -0.423 e. The third-order valence-corrected chi connectivity index (χ3v) is 6.79. The summed E-state index contributed by atoms with van der Waals surface area (Å²) in [5.41, 5.74) is 3.58. The van der Waals surface area contributed by atoms with Crippen LogP contribution in [-0.4, -0.2) is 15.9 Å². The van der Waals surface area contributed by atoms with E-state index in [1.165, 1.54) is 57.8 Å². The van der Waals surface area contributed by atoms with E-state index in [0.717, 1.165) is 36.0 Å². The van der Waals surface area contributed by atoms with E-state index in [0.29, 0.717) is 22.2 Å². The van der Waals surface area contributed by atoms with Crippen molar-refractivity contribution in [2.45, 2.75) is 90.9 Å². The van der Waals surface area contributed by atoms with Crippen LogP contribution in [0.3, 0.4) is 0 Å². The molecule has 0 fully saturated rings. The molecule has 0 saturated heterocycles. The molecule has 2 aromatic carbocycles. The molecule has 0 radical (unpaired) electrons. The van der Waals surface area contributed by atoms with Crippen LogP contribution in [0.2, 0.25) is 5.02 Å². The second kappa shape index (κ2) is 15.4. The van der Waals surface area contributed by atoms with Crippen molar-refractivity contribution in [1.29, 1.82) is 0 Å². The van der Waals surface area contributed by atoms with Gasteiger partial charge in [0.05, 0.1) is 5.56 Å². The van der Waals surface area contributed by atoms with Crippen molar-refractivity contribution >= 4 is 17.6 Å². The maximum atomic E-state index is 12.7. The standard InChI is InChI=1S/C31H39ClN2O2/c1-3-5-7-9-10-12-14-25-15-16-27(21-29(25)32)31(35)36-28-19-17-26(18-20-28)30-33-22-24(23-34-30)13-11-8-6-4-2/h15-23H,3-14H2,1-2H3. The van der Waals surface area contributed by atoms with Gasteiger partial charge in [0.2, 0.25) is 0 Å². The molecule has 0 bridgehead atoms. The van der Waals surface area contributed by atoms with Gasteiger partial charge in [0, 0.05) is 23.0 Å². The molecule has 5 heteroatoms. The number of aromatic nitrogens is 2. The molecule has 0 aliphatic carbocycles. The van der Waals surface area contributed by atoms with E-state index < -0.39 is 5.97 Å². The fraction of sp³-hybridized carbons (Fsp3) is 0.452. The van der Waals surface area contributed by atoms with Gasteiger partial charge in [0.15, 0.2) is 5.82 Å². The van der Waals surface area contributed by atoms with Gasteiger partial charge in [-0.3, -0.25) is 0 Å². The lowest BCUT2D eigenvalue weighted by Gasteiger charge is -2.09. The first-order valence-corrected chi connectivity index (χ1v) is 13.9. The molecule has 192 valence electrons. The summed E-state index contributed by atoms with van der Waals surface area (Å²) in [6.45, 7) is 4.44. The van der Waals surface area contributed by atoms with Crippen LogP contribution in [0.4, 0.5) is 0 Å². The largest absolute Gasteiger partial charge is 0.423 e. The lowest BCUT2D eigenvalue weighted by atomic mass is 10.0. The first-order valence-electron chi connectivity index (χ1n) is 13.5. The second-order valence-corrected chi connectivity index (χ2v) is 9.87. The highest BCUT2D eigenvalue weighted by molar-refractivity contribution is 6.31. The van der Waals surface area contributed by atoms with Gasteiger partial charge in [-0.25, -0.2) is 14.8 Å². The highest BCUT2D eigenvalue weighted by atomic mass is 35.5. The number of carbonyl (C=O) groups excluding carboxylic acids is 1. The van der Waals surface area contributed by atoms with Crippen LogP contribution >= 0.6 is 11.6 Å². The Bertz CT molecular complexity index is 1060. The Kier molecular flexibility index (Phi) is 11.9. The Morgan fingerprint density at radius 2 is 1.39 bits per heavy atom. The third kappa shape index (κ3) is 9.05. The van der Waals surface area contributed by atoms with E-state index in [2.05, 4.69) is 23.8 Å². The van der Waals surface area contributed by atoms with Crippen LogP contribution in [0, 0.1) is 0 Å². The smallest absolute Gasteiger partial charge is 0.343 e. The molecule has 0 aliphatic heterocycles. The van der Waals surface area contributed by atoms with E-state index in [9.17, 15) is 4.79 Å². The van der Waals surface area contributed by atoms with Gasteiger partial charge < -0.3 is 4.74 Å². The molecule has 0 saturated carbocycles. The minimum atomic E-state index is -0.417. The Balaban J connectivity index is 1.50. The molecule has 3 aromatic rings. The van der Waals surface area contributed by atoms with Crippen LogP contribution in [0.15, 0.2) is 54.9 Å². The number of ether oxygens (including phenoxy) is 1. The molecule has 0 spiro atoms. The molecule has 3 rings (SSSR count). The molecule has 0 amide bonds. The molecule has 0 unspecified atom stereocenters. The molecule has 1 heterocycles. The van der Waals surface area contributed by atoms with Gasteiger partial charge >= 0.3 is 5.97 Å². The average Bonchev–Trinajstić information content (AvgIpc) is 2.90. The lowest BCUT2D eigenvalue weighted by Crippen LogP contribution is -2.08. The summed E-state index contributed by atoms with van der Waals surface area (Å²) >= 11 is 6.46. The number of rotatable bonds is 15. The first kappa shape index (κ1) is 27.9. The molecule has 36 heavy (non-hydrogen) atoms. The zero-order valence-corrected chi connectivity index (χ0v) is 22.5. The van der Waals surface area contributed by atoms with Crippen LogP contribution in [0.25, 0.3) is 11.4 Å². The monoisotopic (exact) mass is 506 g/mol. The number of hydrogen-bond donors (Lipinski definition) is 0. The van der Waals surface area contributed by atoms with Crippen molar-refractivity contribution in [1.82, 2.24) is 9.97 Å². The van der Waals surface area contributed by atoms with Crippen molar-refractivity contribution < 1.29 is 9.53 Å². The number of esters is 1. The summed E-state index contributed by atoms with van der Waals surface area (Å²) in [5, 5.41) is 0.624. The predicted octanol–water partition coefficient (Wildman–Crippen LogP) is 9.04. The van der Waals surface area contributed by atoms with E-state index >= 15 is 0 Å². The van der Waals surface area contributed by atoms with Gasteiger partial charge in [-0.15, -0.1) is 0 Å². The van der Waals surface area contributed by atoms with Crippen molar-refractivity contribution in [2.24, 2.45) is 0 Å². The molecule has 0 N–H and O–H groups in total. The van der Waals surface area contributed by atoms with Gasteiger partial charge in [-0.05, 0) is 73.2 Å². The number of benzene rings is 2. The predicted molar refractivity (Wildman–Crippen MR) is 149 cm³/mol. The molecule has 4 nitrogen and oxygen atoms in total. The molecular weight excluding hydrogens is 468 g/mol. The Labute approximate surface area is 221 Å². The molecular formula is C31H39ClN2O2. The van der Waals surface area contributed by atoms with E-state index in [-0.39, 0.29) is 0 Å². The summed E-state index contributed by atoms with van der Waals surface area (Å²) in [6, 6.07) is 12.7. The van der Waals surface area contributed by atoms with Gasteiger partial charge in [-0.1, -0.05) is 82.9 Å². The number of hydrogen-bond acceptors (Lipinski definition) is 4. The normalized spacial score (nSPS) is 11.0. The van der Waals surface area contributed by atoms with Crippen LogP contribution in [0.1, 0.15) is 99.5 Å². The van der Waals surface area contributed by atoms with Crippen LogP contribution in [-0.2, 0) is 12.8 Å². The summed E-state index contributed by atoms with van der Waals surface area (Å²) in [6.07, 6.45) is 18.1. The van der Waals surface area contributed by atoms with Crippen molar-refractivity contribution in [3.05, 3.63) is 76.6 Å². The number of carbonyl (C=O) groups is 1. The second-order valence-electron chi connectivity index (χ2n) is 9.46. The Morgan fingerprint density at radius 3 is 2.06 bits per heavy atom. The van der Waals surface area contributed by atoms with E-state index in [4.69, 9.17) is 16.3 Å². The zero-order valence-electron chi connectivity index (χ0n) is 21.8. The minimum absolute atomic E-state index is 0.417. The number of nitrogens with zero attached hydrogens (tertiary/aromatic N) is 2. The first-order chi connectivity index (χ1) is 17.6. The number of unbranched alkanes of at least 4 members (excludes halogenated alkanes) is 8. The summed E-state index contributed by atoms with van der Waals surface area (Å²) in [4.78, 5) is 21.7. The highest BCUT2D eigenvalue weighted by Gasteiger charge is 2.12. The number of aryl methyl sites for hydroxylation is 2. The fourth-order valence-electron chi connectivity index (χ4n) is 4.20. The molecule has 1 aromatic heterocycles. The quantitative estimate of drug-likeness (QED) is 0.117. The van der Waals surface area contributed by atoms with E-state index in [1.54, 1.807) is 24.3 Å². The van der Waals surface area contributed by atoms with Crippen molar-refractivity contribution in [3.8, 4) is 17.1 Å². The summed E-state index contributed by atoms with van der Waals surface area (Å²) in [5.74, 6) is 0.723. The molecule has 0 atom stereocenters. The SMILES string of the molecule is CCCCCCCCc1ccc(C(=O)Oc2ccc(-c3ncc(CCCCCC)cn3)cc2)cc1Cl. The molecule has 0 aliphatic rings. The van der Waals surface area contributed by atoms with Gasteiger partial charge in [0.25, 0.3) is 0 Å². The van der Waals surface area contributed by atoms with E-state index in [1.807, 2.05) is 30.6 Å². The maximum absolute atomic E-state index is 12.7. The lowest BCUT2D eigenvalue weighted by molar-refractivity contribution is 0.0734. The van der Waals surface area contributed by atoms with Crippen molar-refractivity contribution in [2.75, 3.05) is 0 Å². The summed E-state index contributed by atoms with van der Waals surface area (Å²) < 4.78 is 5.57. The van der Waals surface area contributed by atoms with Gasteiger partial charge in [0.1, 0.15) is 5.75 Å². The van der Waals surface area contributed by atoms with Gasteiger partial charge in [-0.2, -0.15) is 0 Å². The average molecular weight is 507 g/mol.